The Morgan fingerprint density at radius 2 is 0.326 bits per heavy atom. The van der Waals surface area contributed by atoms with E-state index in [-0.39, 0.29) is 0 Å². The smallest absolute Gasteiger partial charge is 0.102 e. The van der Waals surface area contributed by atoms with Gasteiger partial charge in [0.15, 0.2) is 0 Å². The van der Waals surface area contributed by atoms with Gasteiger partial charge in [0.05, 0.1) is 32.3 Å². The number of alkyl halides is 8. The van der Waals surface area contributed by atoms with Crippen molar-refractivity contribution in [1.29, 1.82) is 0 Å². The van der Waals surface area contributed by atoms with Crippen molar-refractivity contribution in [2.75, 3.05) is 0 Å². The lowest BCUT2D eigenvalue weighted by molar-refractivity contribution is 0.0481. The molecule has 0 aliphatic heterocycles. The molecule has 24 saturated carbocycles. The van der Waals surface area contributed by atoms with Crippen molar-refractivity contribution in [3.8, 4) is 0 Å². The second kappa shape index (κ2) is 48.8. The Bertz CT molecular complexity index is 3590. The Kier molecular flexibility index (Phi) is 40.1. The average Bonchev–Trinajstić information content (AvgIpc) is 1.55. The summed E-state index contributed by atoms with van der Waals surface area (Å²) >= 11 is 42.4. The molecular formula is C132H232Cl8Si4. The van der Waals surface area contributed by atoms with Crippen LogP contribution >= 0.6 is 92.8 Å². The second-order valence-corrected chi connectivity index (χ2v) is 91.4. The summed E-state index contributed by atoms with van der Waals surface area (Å²) in [6, 6.07) is 0. The number of halogens is 8. The van der Waals surface area contributed by atoms with E-state index in [9.17, 15) is 0 Å². The molecule has 0 aromatic rings. The van der Waals surface area contributed by atoms with E-state index in [4.69, 9.17) is 92.8 Å². The van der Waals surface area contributed by atoms with Gasteiger partial charge < -0.3 is 0 Å². The van der Waals surface area contributed by atoms with Crippen molar-refractivity contribution in [2.45, 2.75) is 584 Å². The molecule has 47 unspecified atom stereocenters. The number of hydrogen-bond acceptors (Lipinski definition) is 0. The SMILES string of the molecule is CC(C)(Cl)Cl.CC(C)(Cl)Cl.CC(C)(Cl)Cl.CC(C)(Cl)Cl.CC1C(C)C([Si](C)(C)C2C(C)C(C)C3C4CCCCC4CCC32)C2CCC3CCCCC3C12.CC1CC2C3CCCCC3CCC2C1[Si](C)(C)C1C(C)CC2C3CCCCC3CCC21.CC1CC2C3CCCCC3CCC2C1[Si](C)(C)C1C(C)CC2C3CCCCC3CCC21.C[Si](C)(C1CCC2C3CCCCC3CCC21)C1C2CCCCC2C2CCCCC21. The summed E-state index contributed by atoms with van der Waals surface area (Å²) < 4.78 is -2.22. The molecule has 12 heteroatoms. The topological polar surface area (TPSA) is 0 Å². The summed E-state index contributed by atoms with van der Waals surface area (Å²) in [5, 5.41) is 0. The van der Waals surface area contributed by atoms with Crippen LogP contribution in [0, 0.1) is 237 Å². The zero-order valence-corrected chi connectivity index (χ0v) is 108. The third kappa shape index (κ3) is 25.8. The Hall–Kier alpha value is 3.19. The maximum atomic E-state index is 5.30. The molecule has 0 radical (unpaired) electrons. The predicted octanol–water partition coefficient (Wildman–Crippen LogP) is 45.5. The van der Waals surface area contributed by atoms with Gasteiger partial charge >= 0.3 is 0 Å². The van der Waals surface area contributed by atoms with Gasteiger partial charge in [0.2, 0.25) is 0 Å². The van der Waals surface area contributed by atoms with E-state index in [0.717, 1.165) is 252 Å². The molecule has 0 heterocycles. The first kappa shape index (κ1) is 118. The fraction of sp³-hybridized carbons (Fsp3) is 1.00. The third-order valence-electron chi connectivity index (χ3n) is 52.7. The maximum Gasteiger partial charge on any atom is 0.112 e. The van der Waals surface area contributed by atoms with Crippen LogP contribution in [0.25, 0.3) is 0 Å². The average molecular weight is 2220 g/mol. The first-order valence-corrected chi connectivity index (χ1v) is 81.1. The van der Waals surface area contributed by atoms with Crippen molar-refractivity contribution in [1.82, 2.24) is 0 Å². The molecule has 0 aromatic carbocycles. The number of hydrogen-bond donors (Lipinski definition) is 0. The summed E-state index contributed by atoms with van der Waals surface area (Å²) in [6.07, 6.45) is 89.0. The van der Waals surface area contributed by atoms with Crippen LogP contribution in [-0.4, -0.2) is 49.6 Å². The minimum atomic E-state index is -1.38. The molecule has 0 amide bonds. The lowest BCUT2D eigenvalue weighted by Gasteiger charge is -2.51. The standard InChI is InChI=1S/C32H56Si.2C30H52Si.C28H48Si.4C3H6Cl2/c1-19-21(3)31(27-17-15-23-11-7-9-13-25(23)29(19)27)33(5,6)32-22(4)20(2)30-26-14-10-8-12-24(26)16-18-28(30)32;2*1-19-17-27-23-11-7-5-9-21(23)13-15-25(27)29(19)31(3,4)30-20(2)18-28-24-12-8-6-10-22(24)14-16-26(28)30;1-29(2,27-18-17-23-20-10-4-3-9-19(20)15-16-24(23)27)28-25-13-7-5-11-21(25)22-12-6-8-14-26(22)28;4*1-3(2,4)5/h19-32H,7-18H2,1-6H3;2*19-30H,5-18H2,1-4H3;19-28H,3-18H2,1-2H3;4*1-2H3. The maximum absolute atomic E-state index is 5.30. The van der Waals surface area contributed by atoms with Gasteiger partial charge in [-0.2, -0.15) is 0 Å². The van der Waals surface area contributed by atoms with Crippen molar-refractivity contribution in [3.05, 3.63) is 0 Å². The highest BCUT2D eigenvalue weighted by Crippen LogP contribution is 2.76. The molecule has 0 bridgehead atoms. The van der Waals surface area contributed by atoms with Crippen LogP contribution in [0.3, 0.4) is 0 Å². The van der Waals surface area contributed by atoms with Gasteiger partial charge in [0, 0.05) is 0 Å². The highest BCUT2D eigenvalue weighted by molar-refractivity contribution is 6.82. The van der Waals surface area contributed by atoms with Gasteiger partial charge in [-0.1, -0.05) is 288 Å². The van der Waals surface area contributed by atoms with Crippen LogP contribution in [0.5, 0.6) is 0 Å². The highest BCUT2D eigenvalue weighted by Gasteiger charge is 2.69. The molecule has 24 aliphatic carbocycles. The molecule has 0 N–H and O–H groups in total. The molecule has 24 rings (SSSR count). The zero-order chi connectivity index (χ0) is 103. The zero-order valence-electron chi connectivity index (χ0n) is 98.3. The van der Waals surface area contributed by atoms with E-state index in [1.54, 1.807) is 402 Å². The summed E-state index contributed by atoms with van der Waals surface area (Å²) in [4.78, 5) is 0. The molecule has 0 nitrogen and oxygen atoms in total. The molecule has 24 aliphatic rings. The van der Waals surface area contributed by atoms with Gasteiger partial charge in [-0.05, 0) is 516 Å². The fourth-order valence-electron chi connectivity index (χ4n) is 49.9. The predicted molar refractivity (Wildman–Crippen MR) is 647 cm³/mol. The van der Waals surface area contributed by atoms with E-state index in [1.807, 2.05) is 0 Å². The van der Waals surface area contributed by atoms with Crippen molar-refractivity contribution in [3.63, 3.8) is 0 Å². The molecule has 0 aromatic heterocycles. The molecule has 832 valence electrons. The lowest BCUT2D eigenvalue weighted by Crippen LogP contribution is -2.48. The first-order chi connectivity index (χ1) is 67.9. The van der Waals surface area contributed by atoms with Gasteiger partial charge in [-0.3, -0.25) is 0 Å². The molecule has 47 atom stereocenters. The molecule has 144 heavy (non-hydrogen) atoms. The minimum Gasteiger partial charge on any atom is -0.102 e. The summed E-state index contributed by atoms with van der Waals surface area (Å²) in [5.74, 6) is 44.4. The molecular weight excluding hydrogens is 1980 g/mol. The van der Waals surface area contributed by atoms with Gasteiger partial charge in [0.25, 0.3) is 0 Å². The summed E-state index contributed by atoms with van der Waals surface area (Å²) in [6.45, 7) is 59.1. The molecule has 24 fully saturated rings. The summed E-state index contributed by atoms with van der Waals surface area (Å²) in [7, 11) is -5.18. The van der Waals surface area contributed by atoms with Gasteiger partial charge in [0.1, 0.15) is 17.3 Å². The Morgan fingerprint density at radius 3 is 0.583 bits per heavy atom. The molecule has 0 saturated heterocycles. The second-order valence-electron chi connectivity index (χ2n) is 63.1. The Balaban J connectivity index is 0.000000124. The largest absolute Gasteiger partial charge is 0.112 e. The quantitative estimate of drug-likeness (QED) is 0.168. The Morgan fingerprint density at radius 1 is 0.153 bits per heavy atom. The highest BCUT2D eigenvalue weighted by atomic mass is 35.5. The fourth-order valence-corrected chi connectivity index (χ4v) is 76.0. The van der Waals surface area contributed by atoms with Crippen LogP contribution in [0.15, 0.2) is 0 Å². The minimum absolute atomic E-state index is 0.556. The van der Waals surface area contributed by atoms with Crippen LogP contribution in [0.2, 0.25) is 96.7 Å². The van der Waals surface area contributed by atoms with Crippen LogP contribution in [0.4, 0.5) is 0 Å². The van der Waals surface area contributed by atoms with E-state index in [1.165, 1.54) is 41.7 Å². The van der Waals surface area contributed by atoms with E-state index >= 15 is 0 Å². The van der Waals surface area contributed by atoms with E-state index in [2.05, 4.69) is 108 Å². The van der Waals surface area contributed by atoms with Crippen molar-refractivity contribution in [2.24, 2.45) is 237 Å². The summed E-state index contributed by atoms with van der Waals surface area (Å²) in [5.41, 5.74) is 9.23. The third-order valence-corrected chi connectivity index (χ3v) is 74.1. The van der Waals surface area contributed by atoms with Gasteiger partial charge in [-0.25, -0.2) is 0 Å². The Labute approximate surface area is 937 Å². The van der Waals surface area contributed by atoms with Crippen LogP contribution in [0.1, 0.15) is 470 Å². The number of fused-ring (bicyclic) bond motifs is 24. The van der Waals surface area contributed by atoms with E-state index < -0.39 is 49.6 Å². The first-order valence-electron chi connectivity index (χ1n) is 65.4. The van der Waals surface area contributed by atoms with Crippen LogP contribution in [-0.2, 0) is 0 Å². The normalized spacial score (nSPS) is 48.7. The van der Waals surface area contributed by atoms with Crippen LogP contribution < -0.4 is 0 Å². The number of rotatable bonds is 8. The molecule has 0 spiro atoms. The van der Waals surface area contributed by atoms with E-state index in [0.29, 0.717) is 0 Å². The monoisotopic (exact) mass is 2210 g/mol. The van der Waals surface area contributed by atoms with Crippen molar-refractivity contribution < 1.29 is 0 Å². The van der Waals surface area contributed by atoms with Crippen molar-refractivity contribution >= 4 is 125 Å². The van der Waals surface area contributed by atoms with Gasteiger partial charge in [-0.15, -0.1) is 92.8 Å². The lowest BCUT2D eigenvalue weighted by atomic mass is 9.61.